The van der Waals surface area contributed by atoms with E-state index >= 15 is 0 Å². The van der Waals surface area contributed by atoms with Crippen molar-refractivity contribution in [3.63, 3.8) is 0 Å². The lowest BCUT2D eigenvalue weighted by Gasteiger charge is -2.17. The van der Waals surface area contributed by atoms with Crippen LogP contribution in [0.25, 0.3) is 0 Å². The van der Waals surface area contributed by atoms with Crippen molar-refractivity contribution in [3.05, 3.63) is 41.4 Å². The molecule has 0 spiro atoms. The van der Waals surface area contributed by atoms with Crippen molar-refractivity contribution in [1.29, 1.82) is 0 Å². The van der Waals surface area contributed by atoms with E-state index in [-0.39, 0.29) is 5.97 Å². The molecule has 0 amide bonds. The molecule has 18 heavy (non-hydrogen) atoms. The van der Waals surface area contributed by atoms with Crippen molar-refractivity contribution in [2.45, 2.75) is 18.7 Å². The maximum atomic E-state index is 11.7. The van der Waals surface area contributed by atoms with Gasteiger partial charge in [-0.1, -0.05) is 30.0 Å². The molecular formula is C14H19NO2S. The molecular weight excluding hydrogens is 246 g/mol. The number of ether oxygens (including phenoxy) is 1. The molecule has 0 aliphatic heterocycles. The highest BCUT2D eigenvalue weighted by atomic mass is 32.2. The fraction of sp³-hybridized carbons (Fsp3) is 0.357. The summed E-state index contributed by atoms with van der Waals surface area (Å²) >= 11 is 1.43. The van der Waals surface area contributed by atoms with Crippen LogP contribution in [0.4, 0.5) is 0 Å². The number of rotatable bonds is 6. The Morgan fingerprint density at radius 2 is 1.89 bits per heavy atom. The molecule has 0 aromatic heterocycles. The maximum Gasteiger partial charge on any atom is 0.346 e. The number of carbonyl (C=O) groups excluding carboxylic acids is 1. The number of nitrogens with zero attached hydrogens (tertiary/aromatic N) is 1. The summed E-state index contributed by atoms with van der Waals surface area (Å²) in [6.45, 7) is 5.85. The second kappa shape index (κ2) is 7.82. The summed E-state index contributed by atoms with van der Waals surface area (Å²) in [7, 11) is 1.41. The van der Waals surface area contributed by atoms with Gasteiger partial charge in [-0.25, -0.2) is 4.79 Å². The Labute approximate surface area is 113 Å². The predicted octanol–water partition coefficient (Wildman–Crippen LogP) is 3.13. The monoisotopic (exact) mass is 265 g/mol. The second-order valence-electron chi connectivity index (χ2n) is 3.62. The van der Waals surface area contributed by atoms with Gasteiger partial charge in [0.25, 0.3) is 0 Å². The predicted molar refractivity (Wildman–Crippen MR) is 75.3 cm³/mol. The molecule has 0 aliphatic rings. The van der Waals surface area contributed by atoms with Gasteiger partial charge in [-0.3, -0.25) is 0 Å². The number of hydrogen-bond acceptors (Lipinski definition) is 4. The Morgan fingerprint density at radius 3 is 2.39 bits per heavy atom. The summed E-state index contributed by atoms with van der Waals surface area (Å²) in [6, 6.07) is 9.81. The van der Waals surface area contributed by atoms with Gasteiger partial charge >= 0.3 is 5.97 Å². The third-order valence-electron chi connectivity index (χ3n) is 2.47. The Balaban J connectivity index is 2.89. The largest absolute Gasteiger partial charge is 0.465 e. The summed E-state index contributed by atoms with van der Waals surface area (Å²) in [4.78, 5) is 15.5. The molecule has 3 nitrogen and oxygen atoms in total. The van der Waals surface area contributed by atoms with Crippen molar-refractivity contribution < 1.29 is 9.53 Å². The third-order valence-corrected chi connectivity index (χ3v) is 3.47. The zero-order chi connectivity index (χ0) is 13.4. The summed E-state index contributed by atoms with van der Waals surface area (Å²) in [5, 5.41) is 0. The van der Waals surface area contributed by atoms with Crippen LogP contribution in [0.1, 0.15) is 13.8 Å². The zero-order valence-electron chi connectivity index (χ0n) is 11.1. The minimum absolute atomic E-state index is 0.296. The first kappa shape index (κ1) is 14.6. The first-order valence-electron chi connectivity index (χ1n) is 5.98. The highest BCUT2D eigenvalue weighted by Gasteiger charge is 2.12. The third kappa shape index (κ3) is 4.45. The highest BCUT2D eigenvalue weighted by molar-refractivity contribution is 8.04. The van der Waals surface area contributed by atoms with Crippen LogP contribution in [-0.4, -0.2) is 31.1 Å². The van der Waals surface area contributed by atoms with Crippen LogP contribution in [0, 0.1) is 0 Å². The van der Waals surface area contributed by atoms with Gasteiger partial charge < -0.3 is 9.64 Å². The molecule has 0 atom stereocenters. The number of methoxy groups -OCH3 is 1. The average molecular weight is 265 g/mol. The van der Waals surface area contributed by atoms with E-state index in [9.17, 15) is 4.79 Å². The quantitative estimate of drug-likeness (QED) is 0.449. The van der Waals surface area contributed by atoms with E-state index in [1.807, 2.05) is 36.5 Å². The fourth-order valence-electron chi connectivity index (χ4n) is 1.41. The molecule has 1 rings (SSSR count). The van der Waals surface area contributed by atoms with E-state index in [0.717, 1.165) is 18.0 Å². The first-order chi connectivity index (χ1) is 8.71. The Bertz CT molecular complexity index is 400. The smallest absolute Gasteiger partial charge is 0.346 e. The normalized spacial score (nSPS) is 11.2. The SMILES string of the molecule is CCN(/C=C(\Sc1ccccc1)C(=O)OC)CC. The van der Waals surface area contributed by atoms with E-state index in [1.54, 1.807) is 0 Å². The van der Waals surface area contributed by atoms with Gasteiger partial charge in [-0.2, -0.15) is 0 Å². The van der Waals surface area contributed by atoms with Crippen LogP contribution in [0.5, 0.6) is 0 Å². The van der Waals surface area contributed by atoms with Gasteiger partial charge in [0.1, 0.15) is 4.91 Å². The zero-order valence-corrected chi connectivity index (χ0v) is 11.9. The number of benzene rings is 1. The molecule has 0 aliphatic carbocycles. The molecule has 0 radical (unpaired) electrons. The Hall–Kier alpha value is -1.42. The molecule has 1 aromatic carbocycles. The van der Waals surface area contributed by atoms with Crippen LogP contribution < -0.4 is 0 Å². The number of hydrogen-bond donors (Lipinski definition) is 0. The topological polar surface area (TPSA) is 29.5 Å². The maximum absolute atomic E-state index is 11.7. The van der Waals surface area contributed by atoms with Gasteiger partial charge in [0.05, 0.1) is 7.11 Å². The van der Waals surface area contributed by atoms with Gasteiger partial charge in [0.2, 0.25) is 0 Å². The molecule has 4 heteroatoms. The van der Waals surface area contributed by atoms with Gasteiger partial charge in [-0.05, 0) is 26.0 Å². The van der Waals surface area contributed by atoms with Crippen molar-refractivity contribution >= 4 is 17.7 Å². The lowest BCUT2D eigenvalue weighted by Crippen LogP contribution is -2.18. The standard InChI is InChI=1S/C14H19NO2S/c1-4-15(5-2)11-13(14(16)17-3)18-12-9-7-6-8-10-12/h6-11H,4-5H2,1-3H3/b13-11-. The van der Waals surface area contributed by atoms with Gasteiger partial charge in [-0.15, -0.1) is 0 Å². The van der Waals surface area contributed by atoms with Crippen molar-refractivity contribution in [2.24, 2.45) is 0 Å². The van der Waals surface area contributed by atoms with Gasteiger partial charge in [0, 0.05) is 24.2 Å². The lowest BCUT2D eigenvalue weighted by molar-refractivity contribution is -0.135. The van der Waals surface area contributed by atoms with E-state index in [0.29, 0.717) is 4.91 Å². The molecule has 1 aromatic rings. The lowest BCUT2D eigenvalue weighted by atomic mass is 10.4. The van der Waals surface area contributed by atoms with Crippen LogP contribution in [0.3, 0.4) is 0 Å². The van der Waals surface area contributed by atoms with Crippen LogP contribution >= 0.6 is 11.8 Å². The summed E-state index contributed by atoms with van der Waals surface area (Å²) in [5.74, 6) is -0.296. The number of carbonyl (C=O) groups is 1. The van der Waals surface area contributed by atoms with Crippen molar-refractivity contribution in [3.8, 4) is 0 Å². The van der Waals surface area contributed by atoms with Crippen molar-refractivity contribution in [2.75, 3.05) is 20.2 Å². The molecule has 98 valence electrons. The van der Waals surface area contributed by atoms with E-state index in [4.69, 9.17) is 4.74 Å². The summed E-state index contributed by atoms with van der Waals surface area (Å²) < 4.78 is 4.82. The molecule has 0 fully saturated rings. The molecule has 0 saturated heterocycles. The van der Waals surface area contributed by atoms with E-state index < -0.39 is 0 Å². The molecule has 0 N–H and O–H groups in total. The highest BCUT2D eigenvalue weighted by Crippen LogP contribution is 2.27. The van der Waals surface area contributed by atoms with Crippen molar-refractivity contribution in [1.82, 2.24) is 4.90 Å². The molecule has 0 bridgehead atoms. The van der Waals surface area contributed by atoms with Crippen LogP contribution in [0.2, 0.25) is 0 Å². The summed E-state index contributed by atoms with van der Waals surface area (Å²) in [6.07, 6.45) is 1.86. The van der Waals surface area contributed by atoms with Crippen LogP contribution in [0.15, 0.2) is 46.3 Å². The Kier molecular flexibility index (Phi) is 6.36. The molecule has 0 unspecified atom stereocenters. The van der Waals surface area contributed by atoms with E-state index in [1.165, 1.54) is 18.9 Å². The average Bonchev–Trinajstić information content (AvgIpc) is 2.43. The summed E-state index contributed by atoms with van der Waals surface area (Å²) in [5.41, 5.74) is 0. The Morgan fingerprint density at radius 1 is 1.28 bits per heavy atom. The van der Waals surface area contributed by atoms with Gasteiger partial charge in [0.15, 0.2) is 0 Å². The molecule has 0 saturated carbocycles. The van der Waals surface area contributed by atoms with E-state index in [2.05, 4.69) is 18.7 Å². The number of thioether (sulfide) groups is 1. The fourth-order valence-corrected chi connectivity index (χ4v) is 2.32. The van der Waals surface area contributed by atoms with Crippen LogP contribution in [-0.2, 0) is 9.53 Å². The first-order valence-corrected chi connectivity index (χ1v) is 6.80. The second-order valence-corrected chi connectivity index (χ2v) is 4.74. The molecule has 0 heterocycles. The minimum atomic E-state index is -0.296. The minimum Gasteiger partial charge on any atom is -0.465 e. The number of esters is 1.